The Bertz CT molecular complexity index is 422. The Labute approximate surface area is 112 Å². The van der Waals surface area contributed by atoms with Crippen molar-refractivity contribution in [2.45, 2.75) is 32.2 Å². The maximum Gasteiger partial charge on any atom is 0.323 e. The normalized spacial score (nSPS) is 22.3. The summed E-state index contributed by atoms with van der Waals surface area (Å²) < 4.78 is 10.8. The van der Waals surface area contributed by atoms with E-state index in [1.54, 1.807) is 0 Å². The molecule has 0 bridgehead atoms. The molecule has 2 heterocycles. The number of hydrogen-bond acceptors (Lipinski definition) is 8. The second-order valence-corrected chi connectivity index (χ2v) is 4.75. The van der Waals surface area contributed by atoms with Gasteiger partial charge in [0.1, 0.15) is 0 Å². The molecule has 0 aliphatic carbocycles. The van der Waals surface area contributed by atoms with Crippen molar-refractivity contribution in [2.75, 3.05) is 30.6 Å². The molecule has 2 rings (SSSR count). The number of hydrogen-bond donors (Lipinski definition) is 3. The third-order valence-electron chi connectivity index (χ3n) is 2.81. The minimum atomic E-state index is -0.171. The first-order chi connectivity index (χ1) is 9.15. The molecule has 4 N–H and O–H groups in total. The Morgan fingerprint density at radius 2 is 2.16 bits per heavy atom. The van der Waals surface area contributed by atoms with Gasteiger partial charge in [0, 0.05) is 6.61 Å². The van der Waals surface area contributed by atoms with Crippen LogP contribution in [0.2, 0.25) is 0 Å². The number of nitrogen functional groups attached to an aromatic ring is 1. The second kappa shape index (κ2) is 5.98. The summed E-state index contributed by atoms with van der Waals surface area (Å²) in [7, 11) is 0. The number of hydrazine groups is 1. The van der Waals surface area contributed by atoms with Crippen molar-refractivity contribution < 1.29 is 9.47 Å². The van der Waals surface area contributed by atoms with Gasteiger partial charge in [-0.2, -0.15) is 15.0 Å². The monoisotopic (exact) mass is 268 g/mol. The highest BCUT2D eigenvalue weighted by atomic mass is 16.5. The van der Waals surface area contributed by atoms with Gasteiger partial charge in [-0.15, -0.1) is 0 Å². The molecule has 0 aromatic carbocycles. The van der Waals surface area contributed by atoms with E-state index < -0.39 is 0 Å². The maximum atomic E-state index is 5.41. The Kier molecular flexibility index (Phi) is 4.33. The van der Waals surface area contributed by atoms with Crippen LogP contribution in [0.5, 0.6) is 6.01 Å². The summed E-state index contributed by atoms with van der Waals surface area (Å²) in [6.45, 7) is 5.98. The molecule has 1 aromatic rings. The molecule has 1 unspecified atom stereocenters. The zero-order chi connectivity index (χ0) is 13.7. The fourth-order valence-corrected chi connectivity index (χ4v) is 1.77. The summed E-state index contributed by atoms with van der Waals surface area (Å²) in [5, 5.41) is 3.25. The molecule has 1 aromatic heterocycles. The van der Waals surface area contributed by atoms with Gasteiger partial charge >= 0.3 is 6.01 Å². The Balaban J connectivity index is 2.14. The van der Waals surface area contributed by atoms with Gasteiger partial charge in [0.2, 0.25) is 11.9 Å². The van der Waals surface area contributed by atoms with E-state index in [4.69, 9.17) is 15.3 Å². The van der Waals surface area contributed by atoms with Crippen LogP contribution in [0, 0.1) is 0 Å². The summed E-state index contributed by atoms with van der Waals surface area (Å²) >= 11 is 0. The minimum Gasteiger partial charge on any atom is -0.463 e. The standard InChI is InChI=1S/C11H20N6O2/c1-3-5-19-10-14-8(13-9(15-10)17-12)16-11(2)4-6-18-7-11/h3-7,12H2,1-2H3,(H2,13,14,15,16,17). The molecule has 1 aliphatic rings. The highest BCUT2D eigenvalue weighted by molar-refractivity contribution is 5.37. The SMILES string of the molecule is CCCOc1nc(NN)nc(NC2(C)CCOC2)n1. The van der Waals surface area contributed by atoms with Crippen LogP contribution in [0.15, 0.2) is 0 Å². The number of nitrogens with zero attached hydrogens (tertiary/aromatic N) is 3. The second-order valence-electron chi connectivity index (χ2n) is 4.75. The molecule has 19 heavy (non-hydrogen) atoms. The Morgan fingerprint density at radius 3 is 2.79 bits per heavy atom. The number of aromatic nitrogens is 3. The molecule has 1 saturated heterocycles. The summed E-state index contributed by atoms with van der Waals surface area (Å²) in [6.07, 6.45) is 1.78. The summed E-state index contributed by atoms with van der Waals surface area (Å²) in [5.74, 6) is 6.05. The van der Waals surface area contributed by atoms with E-state index in [0.717, 1.165) is 19.4 Å². The zero-order valence-corrected chi connectivity index (χ0v) is 11.3. The van der Waals surface area contributed by atoms with Crippen molar-refractivity contribution in [3.63, 3.8) is 0 Å². The van der Waals surface area contributed by atoms with Gasteiger partial charge in [0.25, 0.3) is 0 Å². The van der Waals surface area contributed by atoms with Gasteiger partial charge in [0.15, 0.2) is 0 Å². The Morgan fingerprint density at radius 1 is 1.37 bits per heavy atom. The van der Waals surface area contributed by atoms with Gasteiger partial charge in [0.05, 0.1) is 18.8 Å². The highest BCUT2D eigenvalue weighted by Crippen LogP contribution is 2.23. The molecule has 0 radical (unpaired) electrons. The van der Waals surface area contributed by atoms with Gasteiger partial charge in [-0.3, -0.25) is 5.43 Å². The van der Waals surface area contributed by atoms with Crippen LogP contribution in [0.1, 0.15) is 26.7 Å². The molecule has 1 aliphatic heterocycles. The van der Waals surface area contributed by atoms with Crippen LogP contribution in [0.25, 0.3) is 0 Å². The third-order valence-corrected chi connectivity index (χ3v) is 2.81. The number of nitrogens with two attached hydrogens (primary N) is 1. The smallest absolute Gasteiger partial charge is 0.323 e. The quantitative estimate of drug-likeness (QED) is 0.507. The average molecular weight is 268 g/mol. The van der Waals surface area contributed by atoms with Crippen molar-refractivity contribution in [1.29, 1.82) is 0 Å². The van der Waals surface area contributed by atoms with E-state index >= 15 is 0 Å². The van der Waals surface area contributed by atoms with E-state index in [0.29, 0.717) is 19.2 Å². The molecular weight excluding hydrogens is 248 g/mol. The summed E-state index contributed by atoms with van der Waals surface area (Å²) in [5.41, 5.74) is 2.24. The molecule has 1 atom stereocenters. The van der Waals surface area contributed by atoms with E-state index in [1.807, 2.05) is 6.92 Å². The van der Waals surface area contributed by atoms with Crippen LogP contribution in [0.4, 0.5) is 11.9 Å². The van der Waals surface area contributed by atoms with Crippen molar-refractivity contribution in [1.82, 2.24) is 15.0 Å². The maximum absolute atomic E-state index is 5.41. The number of ether oxygens (including phenoxy) is 2. The third kappa shape index (κ3) is 3.65. The summed E-state index contributed by atoms with van der Waals surface area (Å²) in [6, 6.07) is 0.259. The molecule has 8 heteroatoms. The van der Waals surface area contributed by atoms with E-state index in [1.165, 1.54) is 0 Å². The first kappa shape index (κ1) is 13.8. The number of nitrogens with one attached hydrogen (secondary N) is 2. The van der Waals surface area contributed by atoms with Crippen molar-refractivity contribution in [3.8, 4) is 6.01 Å². The van der Waals surface area contributed by atoms with Crippen molar-refractivity contribution >= 4 is 11.9 Å². The van der Waals surface area contributed by atoms with Crippen LogP contribution in [-0.4, -0.2) is 40.3 Å². The molecule has 8 nitrogen and oxygen atoms in total. The molecule has 0 spiro atoms. The predicted octanol–water partition coefficient (Wildman–Crippen LogP) is 0.537. The van der Waals surface area contributed by atoms with Gasteiger partial charge in [-0.25, -0.2) is 5.84 Å². The largest absolute Gasteiger partial charge is 0.463 e. The van der Waals surface area contributed by atoms with Crippen molar-refractivity contribution in [2.24, 2.45) is 5.84 Å². The van der Waals surface area contributed by atoms with Crippen LogP contribution >= 0.6 is 0 Å². The Hall–Kier alpha value is -1.67. The number of rotatable bonds is 6. The molecule has 1 fully saturated rings. The lowest BCUT2D eigenvalue weighted by Crippen LogP contribution is -2.36. The fraction of sp³-hybridized carbons (Fsp3) is 0.727. The zero-order valence-electron chi connectivity index (χ0n) is 11.3. The lowest BCUT2D eigenvalue weighted by Gasteiger charge is -2.23. The molecule has 0 saturated carbocycles. The lowest BCUT2D eigenvalue weighted by atomic mass is 10.0. The van der Waals surface area contributed by atoms with E-state index in [-0.39, 0.29) is 17.5 Å². The van der Waals surface area contributed by atoms with Gasteiger partial charge < -0.3 is 14.8 Å². The lowest BCUT2D eigenvalue weighted by molar-refractivity contribution is 0.185. The van der Waals surface area contributed by atoms with Crippen LogP contribution in [0.3, 0.4) is 0 Å². The first-order valence-electron chi connectivity index (χ1n) is 6.36. The summed E-state index contributed by atoms with van der Waals surface area (Å²) in [4.78, 5) is 12.4. The van der Waals surface area contributed by atoms with Crippen LogP contribution < -0.4 is 21.3 Å². The average Bonchev–Trinajstić information content (AvgIpc) is 2.82. The molecule has 0 amide bonds. The van der Waals surface area contributed by atoms with Gasteiger partial charge in [-0.1, -0.05) is 6.92 Å². The fourth-order valence-electron chi connectivity index (χ4n) is 1.77. The predicted molar refractivity (Wildman–Crippen MR) is 70.9 cm³/mol. The van der Waals surface area contributed by atoms with Crippen LogP contribution in [-0.2, 0) is 4.74 Å². The topological polar surface area (TPSA) is 107 Å². The molecule has 106 valence electrons. The highest BCUT2D eigenvalue weighted by Gasteiger charge is 2.30. The molecular formula is C11H20N6O2. The van der Waals surface area contributed by atoms with E-state index in [2.05, 4.69) is 32.6 Å². The minimum absolute atomic E-state index is 0.171. The van der Waals surface area contributed by atoms with E-state index in [9.17, 15) is 0 Å². The van der Waals surface area contributed by atoms with Crippen molar-refractivity contribution in [3.05, 3.63) is 0 Å². The first-order valence-corrected chi connectivity index (χ1v) is 6.36. The van der Waals surface area contributed by atoms with Gasteiger partial charge in [-0.05, 0) is 19.8 Å². The number of anilines is 2.